The molecule has 0 bridgehead atoms. The summed E-state index contributed by atoms with van der Waals surface area (Å²) in [6, 6.07) is 3.83. The molecule has 1 aliphatic carbocycles. The minimum atomic E-state index is -0.0615. The summed E-state index contributed by atoms with van der Waals surface area (Å²) in [4.78, 5) is 16.7. The molecule has 134 valence electrons. The molecule has 1 N–H and O–H groups in total. The third-order valence-corrected chi connectivity index (χ3v) is 4.68. The van der Waals surface area contributed by atoms with E-state index in [1.807, 2.05) is 19.1 Å². The Morgan fingerprint density at radius 3 is 2.92 bits per heavy atom. The number of aryl methyl sites for hydroxylation is 1. The summed E-state index contributed by atoms with van der Waals surface area (Å²) in [6.45, 7) is 5.64. The topological polar surface area (TPSA) is 69.0 Å². The summed E-state index contributed by atoms with van der Waals surface area (Å²) >= 11 is 0. The van der Waals surface area contributed by atoms with Gasteiger partial charge >= 0.3 is 0 Å². The largest absolute Gasteiger partial charge is 0.384 e. The monoisotopic (exact) mass is 342 g/mol. The van der Waals surface area contributed by atoms with E-state index in [4.69, 9.17) is 4.74 Å². The summed E-state index contributed by atoms with van der Waals surface area (Å²) in [7, 11) is 1.68. The molecule has 2 aromatic heterocycles. The van der Waals surface area contributed by atoms with E-state index in [1.54, 1.807) is 13.3 Å². The van der Waals surface area contributed by atoms with Gasteiger partial charge in [0.1, 0.15) is 5.82 Å². The van der Waals surface area contributed by atoms with Crippen LogP contribution < -0.4 is 5.32 Å². The molecule has 1 saturated carbocycles. The molecule has 0 saturated heterocycles. The minimum Gasteiger partial charge on any atom is -0.384 e. The van der Waals surface area contributed by atoms with Crippen molar-refractivity contribution in [2.24, 2.45) is 5.92 Å². The fraction of sp³-hybridized carbons (Fsp3) is 0.526. The Bertz CT molecular complexity index is 750. The molecule has 0 radical (unpaired) electrons. The maximum atomic E-state index is 12.4. The SMILES string of the molecule is COCCc1ccnc(NC(=O)Cc2c(C)nn(CC3CC3)c2C)c1. The number of methoxy groups -OCH3 is 1. The van der Waals surface area contributed by atoms with E-state index in [2.05, 4.69) is 27.0 Å². The molecule has 0 spiro atoms. The van der Waals surface area contributed by atoms with E-state index >= 15 is 0 Å². The summed E-state index contributed by atoms with van der Waals surface area (Å²) in [5.74, 6) is 1.28. The fourth-order valence-electron chi connectivity index (χ4n) is 2.98. The highest BCUT2D eigenvalue weighted by Gasteiger charge is 2.24. The standard InChI is InChI=1S/C19H26N4O2/c1-13-17(14(2)23(22-13)12-16-4-5-16)11-19(24)21-18-10-15(6-8-20-18)7-9-25-3/h6,8,10,16H,4-5,7,9,11-12H2,1-3H3,(H,20,21,24). The molecule has 1 aliphatic rings. The Hall–Kier alpha value is -2.21. The molecule has 0 aliphatic heterocycles. The molecule has 1 amide bonds. The van der Waals surface area contributed by atoms with Crippen molar-refractivity contribution in [3.8, 4) is 0 Å². The van der Waals surface area contributed by atoms with Crippen LogP contribution in [0.25, 0.3) is 0 Å². The van der Waals surface area contributed by atoms with Crippen molar-refractivity contribution in [3.63, 3.8) is 0 Å². The van der Waals surface area contributed by atoms with E-state index in [0.29, 0.717) is 18.8 Å². The lowest BCUT2D eigenvalue weighted by Crippen LogP contribution is -2.16. The highest BCUT2D eigenvalue weighted by Crippen LogP contribution is 2.31. The third-order valence-electron chi connectivity index (χ3n) is 4.68. The summed E-state index contributed by atoms with van der Waals surface area (Å²) in [5, 5.41) is 7.50. The molecule has 1 fully saturated rings. The third kappa shape index (κ3) is 4.66. The van der Waals surface area contributed by atoms with Crippen LogP contribution in [0.5, 0.6) is 0 Å². The molecule has 0 aromatic carbocycles. The second kappa shape index (κ2) is 7.78. The number of amides is 1. The van der Waals surface area contributed by atoms with Gasteiger partial charge in [0, 0.05) is 31.1 Å². The van der Waals surface area contributed by atoms with Crippen LogP contribution >= 0.6 is 0 Å². The average Bonchev–Trinajstić information content (AvgIpc) is 3.36. The van der Waals surface area contributed by atoms with Gasteiger partial charge in [-0.05, 0) is 56.7 Å². The number of pyridine rings is 1. The number of rotatable bonds is 8. The van der Waals surface area contributed by atoms with Crippen LogP contribution in [0.15, 0.2) is 18.3 Å². The van der Waals surface area contributed by atoms with Gasteiger partial charge in [-0.1, -0.05) is 0 Å². The second-order valence-electron chi connectivity index (χ2n) is 6.79. The molecule has 0 atom stereocenters. The number of hydrogen-bond acceptors (Lipinski definition) is 4. The molecular weight excluding hydrogens is 316 g/mol. The zero-order chi connectivity index (χ0) is 17.8. The fourth-order valence-corrected chi connectivity index (χ4v) is 2.98. The van der Waals surface area contributed by atoms with Crippen molar-refractivity contribution in [2.75, 3.05) is 19.0 Å². The van der Waals surface area contributed by atoms with Gasteiger partial charge in [0.25, 0.3) is 0 Å². The van der Waals surface area contributed by atoms with E-state index in [-0.39, 0.29) is 5.91 Å². The molecule has 2 aromatic rings. The van der Waals surface area contributed by atoms with Gasteiger partial charge in [-0.25, -0.2) is 4.98 Å². The number of carbonyl (C=O) groups is 1. The van der Waals surface area contributed by atoms with Gasteiger partial charge in [0.15, 0.2) is 0 Å². The molecule has 2 heterocycles. The summed E-state index contributed by atoms with van der Waals surface area (Å²) < 4.78 is 7.14. The van der Waals surface area contributed by atoms with Crippen molar-refractivity contribution in [2.45, 2.75) is 46.1 Å². The second-order valence-corrected chi connectivity index (χ2v) is 6.79. The van der Waals surface area contributed by atoms with Crippen molar-refractivity contribution in [1.82, 2.24) is 14.8 Å². The average molecular weight is 342 g/mol. The number of aromatic nitrogens is 3. The lowest BCUT2D eigenvalue weighted by Gasteiger charge is -2.07. The first-order valence-electron chi connectivity index (χ1n) is 8.83. The highest BCUT2D eigenvalue weighted by molar-refractivity contribution is 5.91. The number of anilines is 1. The lowest BCUT2D eigenvalue weighted by molar-refractivity contribution is -0.115. The van der Waals surface area contributed by atoms with Crippen molar-refractivity contribution in [1.29, 1.82) is 0 Å². The first-order valence-corrected chi connectivity index (χ1v) is 8.83. The molecule has 0 unspecified atom stereocenters. The molecule has 6 heteroatoms. The molecule has 6 nitrogen and oxygen atoms in total. The van der Waals surface area contributed by atoms with E-state index < -0.39 is 0 Å². The highest BCUT2D eigenvalue weighted by atomic mass is 16.5. The van der Waals surface area contributed by atoms with Crippen molar-refractivity contribution >= 4 is 11.7 Å². The van der Waals surface area contributed by atoms with Gasteiger partial charge in [0.05, 0.1) is 18.7 Å². The maximum Gasteiger partial charge on any atom is 0.230 e. The first-order chi connectivity index (χ1) is 12.1. The lowest BCUT2D eigenvalue weighted by atomic mass is 10.1. The van der Waals surface area contributed by atoms with Crippen LogP contribution in [-0.4, -0.2) is 34.4 Å². The number of hydrogen-bond donors (Lipinski definition) is 1. The van der Waals surface area contributed by atoms with E-state index in [1.165, 1.54) is 12.8 Å². The van der Waals surface area contributed by atoms with Crippen molar-refractivity contribution < 1.29 is 9.53 Å². The van der Waals surface area contributed by atoms with Gasteiger partial charge < -0.3 is 10.1 Å². The summed E-state index contributed by atoms with van der Waals surface area (Å²) in [6.07, 6.45) is 5.42. The summed E-state index contributed by atoms with van der Waals surface area (Å²) in [5.41, 5.74) is 4.15. The van der Waals surface area contributed by atoms with Crippen LogP contribution in [0.2, 0.25) is 0 Å². The number of nitrogens with one attached hydrogen (secondary N) is 1. The van der Waals surface area contributed by atoms with Gasteiger partial charge in [-0.15, -0.1) is 0 Å². The van der Waals surface area contributed by atoms with Gasteiger partial charge in [-0.3, -0.25) is 9.48 Å². The van der Waals surface area contributed by atoms with Gasteiger partial charge in [0.2, 0.25) is 5.91 Å². The Morgan fingerprint density at radius 2 is 2.20 bits per heavy atom. The quantitative estimate of drug-likeness (QED) is 0.801. The zero-order valence-corrected chi connectivity index (χ0v) is 15.2. The first kappa shape index (κ1) is 17.6. The molecular formula is C19H26N4O2. The Kier molecular flexibility index (Phi) is 5.48. The Morgan fingerprint density at radius 1 is 1.40 bits per heavy atom. The van der Waals surface area contributed by atoms with Crippen LogP contribution in [0, 0.1) is 19.8 Å². The number of carbonyl (C=O) groups excluding carboxylic acids is 1. The molecule has 3 rings (SSSR count). The van der Waals surface area contributed by atoms with E-state index in [9.17, 15) is 4.79 Å². The Balaban J connectivity index is 1.63. The maximum absolute atomic E-state index is 12.4. The van der Waals surface area contributed by atoms with Crippen LogP contribution in [0.3, 0.4) is 0 Å². The predicted molar refractivity (Wildman–Crippen MR) is 96.6 cm³/mol. The van der Waals surface area contributed by atoms with Gasteiger partial charge in [-0.2, -0.15) is 5.10 Å². The van der Waals surface area contributed by atoms with Crippen LogP contribution in [0.4, 0.5) is 5.82 Å². The van der Waals surface area contributed by atoms with Crippen molar-refractivity contribution in [3.05, 3.63) is 40.8 Å². The minimum absolute atomic E-state index is 0.0615. The Labute approximate surface area is 148 Å². The normalized spacial score (nSPS) is 13.9. The number of ether oxygens (including phenoxy) is 1. The smallest absolute Gasteiger partial charge is 0.230 e. The van der Waals surface area contributed by atoms with Crippen LogP contribution in [0.1, 0.15) is 35.4 Å². The van der Waals surface area contributed by atoms with Crippen LogP contribution in [-0.2, 0) is 28.9 Å². The zero-order valence-electron chi connectivity index (χ0n) is 15.2. The predicted octanol–water partition coefficient (Wildman–Crippen LogP) is 2.68. The molecule has 25 heavy (non-hydrogen) atoms. The van der Waals surface area contributed by atoms with E-state index in [0.717, 1.165) is 41.4 Å². The number of nitrogens with zero attached hydrogens (tertiary/aromatic N) is 3.